The highest BCUT2D eigenvalue weighted by molar-refractivity contribution is 5.64. The van der Waals surface area contributed by atoms with Crippen LogP contribution in [0.4, 0.5) is 8.78 Å². The molecule has 0 saturated heterocycles. The van der Waals surface area contributed by atoms with Crippen molar-refractivity contribution in [1.29, 1.82) is 0 Å². The first kappa shape index (κ1) is 15.4. The fourth-order valence-electron chi connectivity index (χ4n) is 1.71. The zero-order chi connectivity index (χ0) is 14.6. The third kappa shape index (κ3) is 3.91. The van der Waals surface area contributed by atoms with E-state index in [2.05, 4.69) is 6.58 Å². The van der Waals surface area contributed by atoms with Gasteiger partial charge >= 0.3 is 0 Å². The second-order valence-corrected chi connectivity index (χ2v) is 4.57. The molecule has 3 heteroatoms. The molecule has 1 aromatic carbocycles. The van der Waals surface area contributed by atoms with Gasteiger partial charge in [-0.3, -0.25) is 0 Å². The summed E-state index contributed by atoms with van der Waals surface area (Å²) in [6.45, 7) is 10.3. The second-order valence-electron chi connectivity index (χ2n) is 4.57. The van der Waals surface area contributed by atoms with Gasteiger partial charge in [-0.05, 0) is 31.6 Å². The molecule has 0 amide bonds. The van der Waals surface area contributed by atoms with Crippen molar-refractivity contribution in [3.63, 3.8) is 0 Å². The largest absolute Gasteiger partial charge is 0.462 e. The molecule has 0 aliphatic heterocycles. The van der Waals surface area contributed by atoms with Crippen LogP contribution in [-0.4, -0.2) is 0 Å². The van der Waals surface area contributed by atoms with Crippen LogP contribution in [0.2, 0.25) is 0 Å². The number of halogens is 2. The number of alkyl halides is 2. The Kier molecular flexibility index (Phi) is 4.87. The molecule has 0 heterocycles. The van der Waals surface area contributed by atoms with E-state index in [1.165, 1.54) is 12.1 Å². The molecule has 0 N–H and O–H groups in total. The van der Waals surface area contributed by atoms with Crippen molar-refractivity contribution >= 4 is 5.76 Å². The first-order valence-corrected chi connectivity index (χ1v) is 6.30. The molecule has 0 aliphatic rings. The number of ether oxygens (including phenoxy) is 1. The monoisotopic (exact) mass is 266 g/mol. The van der Waals surface area contributed by atoms with Gasteiger partial charge in [-0.25, -0.2) is 8.78 Å². The number of rotatable bonds is 5. The molecule has 1 aromatic rings. The fourth-order valence-corrected chi connectivity index (χ4v) is 1.71. The third-order valence-corrected chi connectivity index (χ3v) is 2.91. The quantitative estimate of drug-likeness (QED) is 0.648. The number of aryl methyl sites for hydroxylation is 1. The summed E-state index contributed by atoms with van der Waals surface area (Å²) in [5.74, 6) is -1.53. The van der Waals surface area contributed by atoms with Crippen LogP contribution in [0.15, 0.2) is 36.6 Å². The van der Waals surface area contributed by atoms with Crippen LogP contribution in [0.3, 0.4) is 0 Å². The Labute approximate surface area is 113 Å². The lowest BCUT2D eigenvalue weighted by Gasteiger charge is -2.16. The Hall–Kier alpha value is -1.64. The zero-order valence-corrected chi connectivity index (χ0v) is 11.9. The molecule has 0 saturated carbocycles. The van der Waals surface area contributed by atoms with Gasteiger partial charge < -0.3 is 4.74 Å². The summed E-state index contributed by atoms with van der Waals surface area (Å²) in [5.41, 5.74) is 1.58. The van der Waals surface area contributed by atoms with E-state index in [1.54, 1.807) is 13.0 Å². The Morgan fingerprint density at radius 1 is 1.42 bits per heavy atom. The predicted octanol–water partition coefficient (Wildman–Crippen LogP) is 5.41. The topological polar surface area (TPSA) is 9.23 Å². The van der Waals surface area contributed by atoms with Crippen molar-refractivity contribution in [2.24, 2.45) is 0 Å². The highest BCUT2D eigenvalue weighted by Crippen LogP contribution is 2.31. The van der Waals surface area contributed by atoms with E-state index in [1.807, 2.05) is 19.9 Å². The lowest BCUT2D eigenvalue weighted by atomic mass is 10.0. The summed E-state index contributed by atoms with van der Waals surface area (Å²) in [6.07, 6.45) is 2.52. The summed E-state index contributed by atoms with van der Waals surface area (Å²) in [6, 6.07) is 4.60. The van der Waals surface area contributed by atoms with E-state index in [9.17, 15) is 8.78 Å². The normalized spacial score (nSPS) is 12.4. The molecule has 1 rings (SSSR count). The summed E-state index contributed by atoms with van der Waals surface area (Å²) in [7, 11) is 0. The number of allylic oxidation sites excluding steroid dienone is 2. The molecule has 0 spiro atoms. The van der Waals surface area contributed by atoms with Crippen molar-refractivity contribution in [3.05, 3.63) is 53.3 Å². The molecular weight excluding hydrogens is 246 g/mol. The van der Waals surface area contributed by atoms with Crippen LogP contribution in [0.25, 0.3) is 5.76 Å². The van der Waals surface area contributed by atoms with E-state index in [0.717, 1.165) is 18.1 Å². The zero-order valence-electron chi connectivity index (χ0n) is 11.9. The smallest absolute Gasteiger partial charge is 0.270 e. The van der Waals surface area contributed by atoms with E-state index in [0.29, 0.717) is 17.9 Å². The van der Waals surface area contributed by atoms with Crippen molar-refractivity contribution < 1.29 is 13.5 Å². The molecule has 104 valence electrons. The van der Waals surface area contributed by atoms with Crippen LogP contribution in [0, 0.1) is 6.92 Å². The Balaban J connectivity index is 3.11. The minimum absolute atomic E-state index is 0.0125. The van der Waals surface area contributed by atoms with Gasteiger partial charge in [-0.1, -0.05) is 25.6 Å². The minimum atomic E-state index is -2.83. The maximum Gasteiger partial charge on any atom is 0.270 e. The first-order valence-electron chi connectivity index (χ1n) is 6.30. The first-order chi connectivity index (χ1) is 8.79. The highest BCUT2D eigenvalue weighted by Gasteiger charge is 2.24. The van der Waals surface area contributed by atoms with Crippen LogP contribution >= 0.6 is 0 Å². The average molecular weight is 266 g/mol. The summed E-state index contributed by atoms with van der Waals surface area (Å²) in [4.78, 5) is 0. The Bertz CT molecular complexity index is 496. The second kappa shape index (κ2) is 6.00. The molecule has 0 aromatic heterocycles. The molecule has 0 radical (unpaired) electrons. The maximum atomic E-state index is 13.3. The molecule has 19 heavy (non-hydrogen) atoms. The van der Waals surface area contributed by atoms with E-state index < -0.39 is 5.92 Å². The SMILES string of the molecule is C=C(CC)O/C(=C/C)c1ccc(C(C)(F)F)cc1C. The van der Waals surface area contributed by atoms with Crippen molar-refractivity contribution in [2.75, 3.05) is 0 Å². The Morgan fingerprint density at radius 2 is 2.05 bits per heavy atom. The van der Waals surface area contributed by atoms with Gasteiger partial charge in [0.25, 0.3) is 5.92 Å². The number of hydrogen-bond acceptors (Lipinski definition) is 1. The molecule has 0 atom stereocenters. The summed E-state index contributed by atoms with van der Waals surface area (Å²) in [5, 5.41) is 0. The molecule has 0 aliphatic carbocycles. The van der Waals surface area contributed by atoms with Crippen molar-refractivity contribution in [2.45, 2.75) is 40.0 Å². The molecule has 0 unspecified atom stereocenters. The van der Waals surface area contributed by atoms with Gasteiger partial charge in [-0.15, -0.1) is 0 Å². The molecule has 1 nitrogen and oxygen atoms in total. The third-order valence-electron chi connectivity index (χ3n) is 2.91. The maximum absolute atomic E-state index is 13.3. The highest BCUT2D eigenvalue weighted by atomic mass is 19.3. The molecule has 0 bridgehead atoms. The standard InChI is InChI=1S/C16H20F2O/c1-6-12(4)19-15(7-2)14-9-8-13(10-11(14)3)16(5,17)18/h7-10H,4,6H2,1-3,5H3/b15-7+. The van der Waals surface area contributed by atoms with Gasteiger partial charge in [0, 0.05) is 24.5 Å². The fraction of sp³-hybridized carbons (Fsp3) is 0.375. The molecular formula is C16H20F2O. The Morgan fingerprint density at radius 3 is 2.47 bits per heavy atom. The minimum Gasteiger partial charge on any atom is -0.462 e. The van der Waals surface area contributed by atoms with Crippen molar-refractivity contribution in [1.82, 2.24) is 0 Å². The van der Waals surface area contributed by atoms with Crippen molar-refractivity contribution in [3.8, 4) is 0 Å². The number of hydrogen-bond donors (Lipinski definition) is 0. The summed E-state index contributed by atoms with van der Waals surface area (Å²) < 4.78 is 32.1. The number of benzene rings is 1. The van der Waals surface area contributed by atoms with E-state index in [-0.39, 0.29) is 5.56 Å². The van der Waals surface area contributed by atoms with Gasteiger partial charge in [0.05, 0.1) is 5.76 Å². The van der Waals surface area contributed by atoms with Gasteiger partial charge in [-0.2, -0.15) is 0 Å². The van der Waals surface area contributed by atoms with Gasteiger partial charge in [0.1, 0.15) is 5.76 Å². The molecule has 0 fully saturated rings. The van der Waals surface area contributed by atoms with Crippen LogP contribution in [-0.2, 0) is 10.7 Å². The van der Waals surface area contributed by atoms with Crippen LogP contribution in [0.1, 0.15) is 43.9 Å². The van der Waals surface area contributed by atoms with Gasteiger partial charge in [0.2, 0.25) is 0 Å². The lowest BCUT2D eigenvalue weighted by Crippen LogP contribution is -2.07. The van der Waals surface area contributed by atoms with E-state index in [4.69, 9.17) is 4.74 Å². The lowest BCUT2D eigenvalue weighted by molar-refractivity contribution is 0.0174. The van der Waals surface area contributed by atoms with Crippen LogP contribution < -0.4 is 0 Å². The summed E-state index contributed by atoms with van der Waals surface area (Å²) >= 11 is 0. The van der Waals surface area contributed by atoms with E-state index >= 15 is 0 Å². The average Bonchev–Trinajstić information content (AvgIpc) is 2.34. The van der Waals surface area contributed by atoms with Gasteiger partial charge in [0.15, 0.2) is 0 Å². The predicted molar refractivity (Wildman–Crippen MR) is 74.9 cm³/mol. The van der Waals surface area contributed by atoms with Crippen LogP contribution in [0.5, 0.6) is 0 Å².